The van der Waals surface area contributed by atoms with Crippen LogP contribution in [0.25, 0.3) is 0 Å². The number of ether oxygens (including phenoxy) is 5. The Kier molecular flexibility index (Phi) is 8.91. The number of fused-ring (bicyclic) bond motifs is 1. The van der Waals surface area contributed by atoms with Gasteiger partial charge < -0.3 is 28.8 Å². The molecule has 0 amide bonds. The minimum atomic E-state index is -0.634. The maximum atomic E-state index is 10.1. The minimum absolute atomic E-state index is 0.0785. The highest BCUT2D eigenvalue weighted by molar-refractivity contribution is 5.14. The van der Waals surface area contributed by atoms with Crippen molar-refractivity contribution in [2.45, 2.75) is 114 Å². The standard InChI is InChI=1S/C28H42O6/c29-26-18-23-22(24(19-25(23)33-26)34-28-11-5-7-17-31-28)15-14-21(32-27-10-4-6-16-30-27)13-12-20-8-2-1-3-9-20/h1-3,8-9,21-29H,4-7,10-19H2/t21-,22+,23+,24+,25?,26?,27?,28?/m0/s1. The molecule has 0 radical (unpaired) electrons. The number of aliphatic hydroxyl groups is 1. The number of benzene rings is 1. The Labute approximate surface area is 204 Å². The third-order valence-electron chi connectivity index (χ3n) is 8.14. The molecule has 190 valence electrons. The SMILES string of the molecule is OC1C[C@H]2C(C[C@@H](OC3CCCCO3)[C@@H]2CC[C@H](CCc2ccccc2)OC2CCCCO2)O1. The van der Waals surface area contributed by atoms with E-state index in [9.17, 15) is 5.11 Å². The van der Waals surface area contributed by atoms with Gasteiger partial charge in [-0.15, -0.1) is 0 Å². The zero-order valence-corrected chi connectivity index (χ0v) is 20.4. The smallest absolute Gasteiger partial charge is 0.157 e. The van der Waals surface area contributed by atoms with Crippen LogP contribution in [0.1, 0.15) is 76.2 Å². The summed E-state index contributed by atoms with van der Waals surface area (Å²) in [6.45, 7) is 1.59. The first-order valence-corrected chi connectivity index (χ1v) is 13.7. The Hall–Kier alpha value is -1.02. The van der Waals surface area contributed by atoms with Crippen LogP contribution in [0.3, 0.4) is 0 Å². The van der Waals surface area contributed by atoms with Crippen LogP contribution in [0.15, 0.2) is 30.3 Å². The van der Waals surface area contributed by atoms with E-state index in [1.165, 1.54) is 18.4 Å². The van der Waals surface area contributed by atoms with Gasteiger partial charge in [0.1, 0.15) is 0 Å². The minimum Gasteiger partial charge on any atom is -0.368 e. The van der Waals surface area contributed by atoms with Gasteiger partial charge in [-0.2, -0.15) is 0 Å². The van der Waals surface area contributed by atoms with E-state index in [2.05, 4.69) is 30.3 Å². The Balaban J connectivity index is 1.21. The Morgan fingerprint density at radius 1 is 0.912 bits per heavy atom. The first kappa shape index (κ1) is 24.7. The predicted molar refractivity (Wildman–Crippen MR) is 128 cm³/mol. The zero-order chi connectivity index (χ0) is 23.2. The third-order valence-corrected chi connectivity index (χ3v) is 8.14. The van der Waals surface area contributed by atoms with Crippen molar-refractivity contribution in [1.29, 1.82) is 0 Å². The fourth-order valence-corrected chi connectivity index (χ4v) is 6.34. The van der Waals surface area contributed by atoms with Gasteiger partial charge in [0.15, 0.2) is 18.9 Å². The number of rotatable bonds is 10. The molecular formula is C28H42O6. The molecule has 1 aliphatic carbocycles. The molecule has 0 bridgehead atoms. The van der Waals surface area contributed by atoms with Gasteiger partial charge in [0, 0.05) is 26.1 Å². The fraction of sp³-hybridized carbons (Fsp3) is 0.786. The van der Waals surface area contributed by atoms with Crippen molar-refractivity contribution in [2.75, 3.05) is 13.2 Å². The fourth-order valence-electron chi connectivity index (χ4n) is 6.34. The lowest BCUT2D eigenvalue weighted by Gasteiger charge is -2.32. The van der Waals surface area contributed by atoms with Gasteiger partial charge in [-0.25, -0.2) is 0 Å². The molecule has 4 fully saturated rings. The van der Waals surface area contributed by atoms with E-state index in [1.807, 2.05) is 0 Å². The monoisotopic (exact) mass is 474 g/mol. The van der Waals surface area contributed by atoms with Crippen LogP contribution in [0.5, 0.6) is 0 Å². The van der Waals surface area contributed by atoms with Crippen LogP contribution < -0.4 is 0 Å². The summed E-state index contributed by atoms with van der Waals surface area (Å²) in [6.07, 6.45) is 11.7. The van der Waals surface area contributed by atoms with Crippen LogP contribution in [0, 0.1) is 11.8 Å². The van der Waals surface area contributed by atoms with Crippen molar-refractivity contribution in [3.8, 4) is 0 Å². The zero-order valence-electron chi connectivity index (χ0n) is 20.4. The Morgan fingerprint density at radius 3 is 2.41 bits per heavy atom. The van der Waals surface area contributed by atoms with Gasteiger partial charge in [-0.1, -0.05) is 30.3 Å². The van der Waals surface area contributed by atoms with Crippen molar-refractivity contribution in [3.63, 3.8) is 0 Å². The molecule has 3 aliphatic heterocycles. The molecule has 6 nitrogen and oxygen atoms in total. The van der Waals surface area contributed by atoms with Gasteiger partial charge in [0.2, 0.25) is 0 Å². The van der Waals surface area contributed by atoms with E-state index < -0.39 is 6.29 Å². The van der Waals surface area contributed by atoms with Crippen molar-refractivity contribution < 1.29 is 28.8 Å². The van der Waals surface area contributed by atoms with Gasteiger partial charge in [0.05, 0.1) is 18.3 Å². The maximum absolute atomic E-state index is 10.1. The molecule has 3 heterocycles. The lowest BCUT2D eigenvalue weighted by Crippen LogP contribution is -2.33. The average molecular weight is 475 g/mol. The number of aliphatic hydroxyl groups excluding tert-OH is 1. The van der Waals surface area contributed by atoms with Crippen LogP contribution in [-0.2, 0) is 30.1 Å². The highest BCUT2D eigenvalue weighted by atomic mass is 16.7. The van der Waals surface area contributed by atoms with E-state index in [0.29, 0.717) is 18.3 Å². The number of hydrogen-bond acceptors (Lipinski definition) is 6. The second-order valence-corrected chi connectivity index (χ2v) is 10.6. The summed E-state index contributed by atoms with van der Waals surface area (Å²) >= 11 is 0. The molecule has 0 aromatic heterocycles. The molecule has 6 heteroatoms. The molecule has 1 aromatic rings. The quantitative estimate of drug-likeness (QED) is 0.517. The van der Waals surface area contributed by atoms with E-state index in [-0.39, 0.29) is 30.9 Å². The molecule has 4 aliphatic rings. The number of aryl methyl sites for hydroxylation is 1. The second kappa shape index (κ2) is 12.3. The summed E-state index contributed by atoms with van der Waals surface area (Å²) in [4.78, 5) is 0. The van der Waals surface area contributed by atoms with Gasteiger partial charge >= 0.3 is 0 Å². The van der Waals surface area contributed by atoms with Crippen LogP contribution in [-0.4, -0.2) is 55.5 Å². The summed E-state index contributed by atoms with van der Waals surface area (Å²) in [5.41, 5.74) is 1.35. The Morgan fingerprint density at radius 2 is 1.68 bits per heavy atom. The average Bonchev–Trinajstić information content (AvgIpc) is 3.38. The van der Waals surface area contributed by atoms with E-state index in [0.717, 1.165) is 71.0 Å². The molecule has 1 saturated carbocycles. The van der Waals surface area contributed by atoms with Crippen molar-refractivity contribution in [2.24, 2.45) is 11.8 Å². The largest absolute Gasteiger partial charge is 0.368 e. The van der Waals surface area contributed by atoms with Crippen molar-refractivity contribution in [1.82, 2.24) is 0 Å². The van der Waals surface area contributed by atoms with Crippen LogP contribution >= 0.6 is 0 Å². The summed E-state index contributed by atoms with van der Waals surface area (Å²) in [5.74, 6) is 0.715. The first-order chi connectivity index (χ1) is 16.7. The molecule has 34 heavy (non-hydrogen) atoms. The van der Waals surface area contributed by atoms with Crippen molar-refractivity contribution in [3.05, 3.63) is 35.9 Å². The lowest BCUT2D eigenvalue weighted by molar-refractivity contribution is -0.203. The van der Waals surface area contributed by atoms with Gasteiger partial charge in [0.25, 0.3) is 0 Å². The summed E-state index contributed by atoms with van der Waals surface area (Å²) in [5, 5.41) is 10.1. The highest BCUT2D eigenvalue weighted by Crippen LogP contribution is 2.47. The summed E-state index contributed by atoms with van der Waals surface area (Å²) in [6, 6.07) is 10.7. The van der Waals surface area contributed by atoms with E-state index in [1.54, 1.807) is 0 Å². The van der Waals surface area contributed by atoms with E-state index in [4.69, 9.17) is 23.7 Å². The predicted octanol–water partition coefficient (Wildman–Crippen LogP) is 4.97. The number of hydrogen-bond donors (Lipinski definition) is 1. The maximum Gasteiger partial charge on any atom is 0.157 e. The molecule has 0 spiro atoms. The molecule has 3 saturated heterocycles. The molecule has 4 unspecified atom stereocenters. The molecule has 1 aromatic carbocycles. The highest BCUT2D eigenvalue weighted by Gasteiger charge is 2.50. The van der Waals surface area contributed by atoms with Gasteiger partial charge in [-0.05, 0) is 81.6 Å². The third kappa shape index (κ3) is 6.59. The second-order valence-electron chi connectivity index (χ2n) is 10.6. The van der Waals surface area contributed by atoms with Crippen LogP contribution in [0.4, 0.5) is 0 Å². The molecule has 1 N–H and O–H groups in total. The first-order valence-electron chi connectivity index (χ1n) is 13.7. The summed E-state index contributed by atoms with van der Waals surface area (Å²) in [7, 11) is 0. The molecule has 8 atom stereocenters. The van der Waals surface area contributed by atoms with Crippen molar-refractivity contribution >= 4 is 0 Å². The van der Waals surface area contributed by atoms with Gasteiger partial charge in [-0.3, -0.25) is 0 Å². The van der Waals surface area contributed by atoms with E-state index >= 15 is 0 Å². The Bertz CT molecular complexity index is 717. The normalized spacial score (nSPS) is 36.9. The molecular weight excluding hydrogens is 432 g/mol. The van der Waals surface area contributed by atoms with Crippen LogP contribution in [0.2, 0.25) is 0 Å². The lowest BCUT2D eigenvalue weighted by atomic mass is 9.86. The molecule has 5 rings (SSSR count). The topological polar surface area (TPSA) is 66.4 Å². The summed E-state index contributed by atoms with van der Waals surface area (Å²) < 4.78 is 30.7.